The van der Waals surface area contributed by atoms with E-state index in [4.69, 9.17) is 4.74 Å². The summed E-state index contributed by atoms with van der Waals surface area (Å²) in [6, 6.07) is 5.32. The second-order valence-corrected chi connectivity index (χ2v) is 7.21. The van der Waals surface area contributed by atoms with Crippen LogP contribution in [0.15, 0.2) is 36.5 Å². The van der Waals surface area contributed by atoms with E-state index in [2.05, 4.69) is 15.4 Å². The van der Waals surface area contributed by atoms with E-state index in [1.807, 2.05) is 0 Å². The minimum atomic E-state index is -4.70. The number of pyridine rings is 1. The molecule has 11 heteroatoms. The fourth-order valence-electron chi connectivity index (χ4n) is 3.42. The summed E-state index contributed by atoms with van der Waals surface area (Å²) in [5.74, 6) is -2.25. The maximum Gasteiger partial charge on any atom is 0.433 e. The average Bonchev–Trinajstić information content (AvgIpc) is 3.08. The Hall–Kier alpha value is -3.50. The van der Waals surface area contributed by atoms with Gasteiger partial charge in [-0.3, -0.25) is 14.3 Å². The normalized spacial score (nSPS) is 18.5. The van der Waals surface area contributed by atoms with Gasteiger partial charge in [0.1, 0.15) is 17.2 Å². The number of ether oxygens (including phenoxy) is 1. The lowest BCUT2D eigenvalue weighted by Crippen LogP contribution is -2.33. The van der Waals surface area contributed by atoms with Gasteiger partial charge in [0.05, 0.1) is 30.3 Å². The molecule has 3 aromatic rings. The number of alkyl halides is 3. The third-order valence-corrected chi connectivity index (χ3v) is 5.15. The van der Waals surface area contributed by atoms with Crippen LogP contribution >= 0.6 is 0 Å². The number of methoxy groups -OCH3 is 1. The smallest absolute Gasteiger partial charge is 0.433 e. The first-order chi connectivity index (χ1) is 14.7. The molecule has 2 heterocycles. The van der Waals surface area contributed by atoms with Gasteiger partial charge in [-0.25, -0.2) is 9.37 Å². The fraction of sp³-hybridized carbons (Fsp3) is 0.300. The van der Waals surface area contributed by atoms with Crippen LogP contribution in [0.1, 0.15) is 35.1 Å². The summed E-state index contributed by atoms with van der Waals surface area (Å²) in [6.45, 7) is 0. The number of carbonyl (C=O) groups is 2. The Bertz CT molecular complexity index is 1170. The Morgan fingerprint density at radius 3 is 2.65 bits per heavy atom. The zero-order chi connectivity index (χ0) is 22.3. The minimum absolute atomic E-state index is 0.0353. The highest BCUT2D eigenvalue weighted by Gasteiger charge is 2.37. The first kappa shape index (κ1) is 20.8. The van der Waals surface area contributed by atoms with Crippen LogP contribution in [0.3, 0.4) is 0 Å². The number of halogens is 4. The van der Waals surface area contributed by atoms with Crippen LogP contribution in [0, 0.1) is 11.7 Å². The van der Waals surface area contributed by atoms with Crippen LogP contribution < -0.4 is 5.32 Å². The lowest BCUT2D eigenvalue weighted by molar-refractivity contribution is -0.149. The van der Waals surface area contributed by atoms with Gasteiger partial charge in [0.15, 0.2) is 0 Å². The lowest BCUT2D eigenvalue weighted by atomic mass is 9.80. The second-order valence-electron chi connectivity index (χ2n) is 7.21. The number of rotatable bonds is 4. The van der Waals surface area contributed by atoms with E-state index in [0.717, 1.165) is 24.3 Å². The zero-order valence-electron chi connectivity index (χ0n) is 16.1. The molecule has 2 aromatic heterocycles. The predicted octanol–water partition coefficient (Wildman–Crippen LogP) is 3.97. The summed E-state index contributed by atoms with van der Waals surface area (Å²) < 4.78 is 59.2. The summed E-state index contributed by atoms with van der Waals surface area (Å²) in [6.07, 6.45) is -1.95. The van der Waals surface area contributed by atoms with Crippen LogP contribution in [0.2, 0.25) is 0 Å². The number of hydrogen-bond donors (Lipinski definition) is 1. The average molecular weight is 436 g/mol. The first-order valence-corrected chi connectivity index (χ1v) is 9.27. The molecule has 0 aliphatic heterocycles. The zero-order valence-corrected chi connectivity index (χ0v) is 16.1. The number of fused-ring (bicyclic) bond motifs is 1. The van der Waals surface area contributed by atoms with Gasteiger partial charge >= 0.3 is 12.1 Å². The minimum Gasteiger partial charge on any atom is -0.469 e. The molecule has 1 aliphatic carbocycles. The number of anilines is 1. The van der Waals surface area contributed by atoms with Gasteiger partial charge < -0.3 is 10.1 Å². The highest BCUT2D eigenvalue weighted by Crippen LogP contribution is 2.39. The molecule has 1 N–H and O–H groups in total. The van der Waals surface area contributed by atoms with Crippen molar-refractivity contribution >= 4 is 28.5 Å². The number of carbonyl (C=O) groups excluding carboxylic acids is 2. The topological polar surface area (TPSA) is 86.1 Å². The van der Waals surface area contributed by atoms with Gasteiger partial charge in [-0.2, -0.15) is 18.3 Å². The standard InChI is InChI=1S/C20H16F4N4O3/c1-31-19(30)10-5-12(6-10)28-9-11-7-16(13(21)8-15(11)27-28)26-18(29)14-3-2-4-17(25-14)20(22,23)24/h2-4,7-10,12H,5-6H2,1H3,(H,26,29). The first-order valence-electron chi connectivity index (χ1n) is 9.27. The molecule has 162 valence electrons. The Morgan fingerprint density at radius 2 is 1.97 bits per heavy atom. The molecule has 7 nitrogen and oxygen atoms in total. The van der Waals surface area contributed by atoms with Gasteiger partial charge in [-0.15, -0.1) is 0 Å². The Labute approximate surface area is 173 Å². The highest BCUT2D eigenvalue weighted by molar-refractivity contribution is 6.03. The molecule has 0 bridgehead atoms. The summed E-state index contributed by atoms with van der Waals surface area (Å²) in [4.78, 5) is 27.1. The molecule has 1 amide bonds. The van der Waals surface area contributed by atoms with Crippen LogP contribution in [-0.2, 0) is 15.7 Å². The van der Waals surface area contributed by atoms with Crippen molar-refractivity contribution in [3.05, 3.63) is 53.7 Å². The molecule has 31 heavy (non-hydrogen) atoms. The van der Waals surface area contributed by atoms with Gasteiger partial charge in [-0.05, 0) is 31.0 Å². The Kier molecular flexibility index (Phi) is 5.11. The molecule has 1 saturated carbocycles. The molecule has 0 unspecified atom stereocenters. The number of esters is 1. The Balaban J connectivity index is 1.53. The number of amides is 1. The molecule has 1 fully saturated rings. The van der Waals surface area contributed by atoms with E-state index in [9.17, 15) is 27.2 Å². The van der Waals surface area contributed by atoms with Crippen molar-refractivity contribution in [2.75, 3.05) is 12.4 Å². The fourth-order valence-corrected chi connectivity index (χ4v) is 3.42. The molecule has 0 radical (unpaired) electrons. The quantitative estimate of drug-likeness (QED) is 0.494. The molecule has 0 saturated heterocycles. The van der Waals surface area contributed by atoms with E-state index in [1.54, 1.807) is 10.9 Å². The molecule has 0 atom stereocenters. The van der Waals surface area contributed by atoms with E-state index in [-0.39, 0.29) is 23.6 Å². The number of aromatic nitrogens is 3. The largest absolute Gasteiger partial charge is 0.469 e. The third kappa shape index (κ3) is 4.07. The summed E-state index contributed by atoms with van der Waals surface area (Å²) in [7, 11) is 1.32. The molecule has 4 rings (SSSR count). The second kappa shape index (κ2) is 7.64. The summed E-state index contributed by atoms with van der Waals surface area (Å²) >= 11 is 0. The highest BCUT2D eigenvalue weighted by atomic mass is 19.4. The number of nitrogens with zero attached hydrogens (tertiary/aromatic N) is 3. The van der Waals surface area contributed by atoms with Crippen molar-refractivity contribution in [1.82, 2.24) is 14.8 Å². The maximum absolute atomic E-state index is 14.5. The number of nitrogens with one attached hydrogen (secondary N) is 1. The van der Waals surface area contributed by atoms with Crippen molar-refractivity contribution in [3.63, 3.8) is 0 Å². The van der Waals surface area contributed by atoms with Gasteiger partial charge in [-0.1, -0.05) is 6.07 Å². The molecule has 1 aromatic carbocycles. The predicted molar refractivity (Wildman–Crippen MR) is 101 cm³/mol. The van der Waals surface area contributed by atoms with E-state index >= 15 is 0 Å². The van der Waals surface area contributed by atoms with Crippen LogP contribution in [0.5, 0.6) is 0 Å². The molecular weight excluding hydrogens is 420 g/mol. The van der Waals surface area contributed by atoms with Crippen molar-refractivity contribution in [2.24, 2.45) is 5.92 Å². The number of hydrogen-bond acceptors (Lipinski definition) is 5. The maximum atomic E-state index is 14.5. The van der Waals surface area contributed by atoms with Crippen LogP contribution in [0.4, 0.5) is 23.2 Å². The molecule has 1 aliphatic rings. The lowest BCUT2D eigenvalue weighted by Gasteiger charge is -2.33. The van der Waals surface area contributed by atoms with Gasteiger partial charge in [0, 0.05) is 17.6 Å². The van der Waals surface area contributed by atoms with Crippen LogP contribution in [-0.4, -0.2) is 33.8 Å². The van der Waals surface area contributed by atoms with Crippen molar-refractivity contribution in [3.8, 4) is 0 Å². The third-order valence-electron chi connectivity index (χ3n) is 5.15. The Morgan fingerprint density at radius 1 is 1.23 bits per heavy atom. The monoisotopic (exact) mass is 436 g/mol. The van der Waals surface area contributed by atoms with Crippen molar-refractivity contribution in [1.29, 1.82) is 0 Å². The summed E-state index contributed by atoms with van der Waals surface area (Å²) in [5.41, 5.74) is -1.58. The molecule has 0 spiro atoms. The number of benzene rings is 1. The van der Waals surface area contributed by atoms with E-state index < -0.39 is 29.3 Å². The molecular formula is C20H16F4N4O3. The van der Waals surface area contributed by atoms with Crippen molar-refractivity contribution < 1.29 is 31.9 Å². The van der Waals surface area contributed by atoms with E-state index in [0.29, 0.717) is 23.7 Å². The van der Waals surface area contributed by atoms with Crippen molar-refractivity contribution in [2.45, 2.75) is 25.1 Å². The van der Waals surface area contributed by atoms with Crippen LogP contribution in [0.25, 0.3) is 10.9 Å². The van der Waals surface area contributed by atoms with Gasteiger partial charge in [0.25, 0.3) is 5.91 Å². The summed E-state index contributed by atoms with van der Waals surface area (Å²) in [5, 5.41) is 7.08. The van der Waals surface area contributed by atoms with Gasteiger partial charge in [0.2, 0.25) is 0 Å². The SMILES string of the molecule is COC(=O)C1CC(n2cc3cc(NC(=O)c4cccc(C(F)(F)F)n4)c(F)cc3n2)C1. The van der Waals surface area contributed by atoms with E-state index in [1.165, 1.54) is 13.2 Å².